The predicted octanol–water partition coefficient (Wildman–Crippen LogP) is 2.38. The van der Waals surface area contributed by atoms with Crippen LogP contribution >= 0.6 is 0 Å². The maximum atomic E-state index is 13.4. The van der Waals surface area contributed by atoms with Crippen LogP contribution in [0.4, 0.5) is 4.39 Å². The van der Waals surface area contributed by atoms with Crippen molar-refractivity contribution in [3.05, 3.63) is 61.0 Å². The van der Waals surface area contributed by atoms with Crippen LogP contribution in [0.5, 0.6) is 0 Å². The van der Waals surface area contributed by atoms with Crippen molar-refractivity contribution in [2.75, 3.05) is 26.2 Å². The summed E-state index contributed by atoms with van der Waals surface area (Å²) >= 11 is 0. The van der Waals surface area contributed by atoms with Gasteiger partial charge >= 0.3 is 0 Å². The highest BCUT2D eigenvalue weighted by molar-refractivity contribution is 5.16. The Kier molecular flexibility index (Phi) is 7.80. The first-order chi connectivity index (χ1) is 9.67. The summed E-state index contributed by atoms with van der Waals surface area (Å²) in [5.41, 5.74) is 0.494. The number of hydrogen-bond donors (Lipinski definition) is 1. The van der Waals surface area contributed by atoms with Crippen molar-refractivity contribution in [1.29, 1.82) is 0 Å². The van der Waals surface area contributed by atoms with Gasteiger partial charge in [0.1, 0.15) is 5.82 Å². The molecule has 0 saturated heterocycles. The van der Waals surface area contributed by atoms with Gasteiger partial charge in [0, 0.05) is 25.2 Å². The van der Waals surface area contributed by atoms with Crippen LogP contribution in [0.3, 0.4) is 0 Å². The quantitative estimate of drug-likeness (QED) is 0.667. The third kappa shape index (κ3) is 6.10. The number of hydrogen-bond acceptors (Lipinski definition) is 3. The van der Waals surface area contributed by atoms with Crippen LogP contribution in [0.25, 0.3) is 0 Å². The highest BCUT2D eigenvalue weighted by atomic mass is 19.1. The molecule has 1 rings (SSSR count). The van der Waals surface area contributed by atoms with Crippen molar-refractivity contribution in [1.82, 2.24) is 4.90 Å². The second-order valence-electron chi connectivity index (χ2n) is 4.56. The van der Waals surface area contributed by atoms with Gasteiger partial charge in [0.05, 0.1) is 19.3 Å². The van der Waals surface area contributed by atoms with E-state index in [9.17, 15) is 9.50 Å². The highest BCUT2D eigenvalue weighted by Crippen LogP contribution is 2.08. The van der Waals surface area contributed by atoms with Gasteiger partial charge < -0.3 is 9.84 Å². The highest BCUT2D eigenvalue weighted by Gasteiger charge is 2.10. The van der Waals surface area contributed by atoms with Crippen LogP contribution in [-0.4, -0.2) is 42.4 Å². The molecule has 1 N–H and O–H groups in total. The first-order valence-electron chi connectivity index (χ1n) is 6.60. The van der Waals surface area contributed by atoms with E-state index in [1.807, 2.05) is 4.90 Å². The monoisotopic (exact) mass is 279 g/mol. The Labute approximate surface area is 120 Å². The third-order valence-electron chi connectivity index (χ3n) is 2.77. The van der Waals surface area contributed by atoms with Crippen molar-refractivity contribution in [2.45, 2.75) is 12.7 Å². The summed E-state index contributed by atoms with van der Waals surface area (Å²) in [6, 6.07) is 6.46. The van der Waals surface area contributed by atoms with Gasteiger partial charge in [0.25, 0.3) is 0 Å². The molecule has 0 aliphatic carbocycles. The van der Waals surface area contributed by atoms with Crippen molar-refractivity contribution >= 4 is 0 Å². The molecule has 0 aliphatic rings. The Morgan fingerprint density at radius 1 is 1.25 bits per heavy atom. The van der Waals surface area contributed by atoms with Crippen LogP contribution in [0.1, 0.15) is 5.56 Å². The summed E-state index contributed by atoms with van der Waals surface area (Å²) in [4.78, 5) is 2.00. The minimum absolute atomic E-state index is 0.159. The maximum Gasteiger partial charge on any atom is 0.128 e. The van der Waals surface area contributed by atoms with Crippen molar-refractivity contribution < 1.29 is 14.2 Å². The topological polar surface area (TPSA) is 32.7 Å². The van der Waals surface area contributed by atoms with Crippen LogP contribution in [0.2, 0.25) is 0 Å². The maximum absolute atomic E-state index is 13.4. The first-order valence-corrected chi connectivity index (χ1v) is 6.60. The fraction of sp³-hybridized carbons (Fsp3) is 0.375. The molecule has 20 heavy (non-hydrogen) atoms. The van der Waals surface area contributed by atoms with Crippen molar-refractivity contribution in [2.24, 2.45) is 0 Å². The largest absolute Gasteiger partial charge is 0.389 e. The minimum atomic E-state index is -0.623. The average molecular weight is 279 g/mol. The zero-order valence-corrected chi connectivity index (χ0v) is 11.7. The molecule has 1 aromatic carbocycles. The summed E-state index contributed by atoms with van der Waals surface area (Å²) in [5.74, 6) is -0.290. The molecule has 110 valence electrons. The van der Waals surface area contributed by atoms with E-state index in [2.05, 4.69) is 13.2 Å². The SMILES string of the molecule is C=CCN(CC=C)C[C@H](O)COCc1ccccc1F. The molecule has 0 radical (unpaired) electrons. The van der Waals surface area contributed by atoms with Gasteiger partial charge in [-0.05, 0) is 6.07 Å². The summed E-state index contributed by atoms with van der Waals surface area (Å²) in [5, 5.41) is 9.89. The Morgan fingerprint density at radius 2 is 1.90 bits per heavy atom. The molecule has 0 aromatic heterocycles. The van der Waals surface area contributed by atoms with E-state index in [1.54, 1.807) is 30.4 Å². The smallest absolute Gasteiger partial charge is 0.128 e. The second-order valence-corrected chi connectivity index (χ2v) is 4.56. The van der Waals surface area contributed by atoms with Gasteiger partial charge in [-0.15, -0.1) is 13.2 Å². The van der Waals surface area contributed by atoms with Gasteiger partial charge in [-0.2, -0.15) is 0 Å². The summed E-state index contributed by atoms with van der Waals surface area (Å²) in [6.45, 7) is 9.49. The lowest BCUT2D eigenvalue weighted by molar-refractivity contribution is 0.0124. The Balaban J connectivity index is 2.32. The van der Waals surface area contributed by atoms with Gasteiger partial charge in [0.15, 0.2) is 0 Å². The van der Waals surface area contributed by atoms with E-state index in [4.69, 9.17) is 4.74 Å². The average Bonchev–Trinajstić information content (AvgIpc) is 2.41. The molecule has 0 fully saturated rings. The fourth-order valence-corrected chi connectivity index (χ4v) is 1.86. The normalized spacial score (nSPS) is 12.3. The molecule has 0 spiro atoms. The number of aliphatic hydroxyl groups is 1. The van der Waals surface area contributed by atoms with Gasteiger partial charge in [-0.1, -0.05) is 30.4 Å². The van der Waals surface area contributed by atoms with Crippen LogP contribution in [0, 0.1) is 5.82 Å². The number of aliphatic hydroxyl groups excluding tert-OH is 1. The summed E-state index contributed by atoms with van der Waals surface area (Å²) in [7, 11) is 0. The van der Waals surface area contributed by atoms with Gasteiger partial charge in [0.2, 0.25) is 0 Å². The molecule has 3 nitrogen and oxygen atoms in total. The standard InChI is InChI=1S/C16H22FNO2/c1-3-9-18(10-4-2)11-15(19)13-20-12-14-7-5-6-8-16(14)17/h3-8,15,19H,1-2,9-13H2/t15-/m0/s1. The zero-order valence-electron chi connectivity index (χ0n) is 11.7. The van der Waals surface area contributed by atoms with E-state index >= 15 is 0 Å². The lowest BCUT2D eigenvalue weighted by atomic mass is 10.2. The Bertz CT molecular complexity index is 413. The van der Waals surface area contributed by atoms with E-state index in [0.29, 0.717) is 25.2 Å². The van der Waals surface area contributed by atoms with E-state index in [0.717, 1.165) is 0 Å². The van der Waals surface area contributed by atoms with E-state index in [1.165, 1.54) is 6.07 Å². The second kappa shape index (κ2) is 9.42. The number of rotatable bonds is 10. The minimum Gasteiger partial charge on any atom is -0.389 e. The molecule has 0 aliphatic heterocycles. The molecule has 4 heteroatoms. The molecular weight excluding hydrogens is 257 g/mol. The zero-order chi connectivity index (χ0) is 14.8. The van der Waals surface area contributed by atoms with Crippen LogP contribution in [-0.2, 0) is 11.3 Å². The molecule has 0 saturated carbocycles. The lowest BCUT2D eigenvalue weighted by Crippen LogP contribution is -2.35. The molecule has 0 unspecified atom stereocenters. The first kappa shape index (κ1) is 16.6. The molecular formula is C16H22FNO2. The molecule has 1 aromatic rings. The van der Waals surface area contributed by atoms with Gasteiger partial charge in [-0.3, -0.25) is 4.90 Å². The fourth-order valence-electron chi connectivity index (χ4n) is 1.86. The summed E-state index contributed by atoms with van der Waals surface area (Å²) < 4.78 is 18.7. The van der Waals surface area contributed by atoms with Gasteiger partial charge in [-0.25, -0.2) is 4.39 Å². The molecule has 0 heterocycles. The Hall–Kier alpha value is -1.49. The summed E-state index contributed by atoms with van der Waals surface area (Å²) in [6.07, 6.45) is 2.93. The van der Waals surface area contributed by atoms with Crippen LogP contribution in [0.15, 0.2) is 49.6 Å². The number of ether oxygens (including phenoxy) is 1. The number of benzene rings is 1. The lowest BCUT2D eigenvalue weighted by Gasteiger charge is -2.22. The molecule has 0 bridgehead atoms. The Morgan fingerprint density at radius 3 is 2.50 bits per heavy atom. The van der Waals surface area contributed by atoms with E-state index < -0.39 is 6.10 Å². The van der Waals surface area contributed by atoms with Crippen molar-refractivity contribution in [3.8, 4) is 0 Å². The van der Waals surface area contributed by atoms with Crippen LogP contribution < -0.4 is 0 Å². The van der Waals surface area contributed by atoms with Crippen molar-refractivity contribution in [3.63, 3.8) is 0 Å². The van der Waals surface area contributed by atoms with E-state index in [-0.39, 0.29) is 19.0 Å². The number of nitrogens with zero attached hydrogens (tertiary/aromatic N) is 1. The predicted molar refractivity (Wildman–Crippen MR) is 78.9 cm³/mol. The molecule has 0 amide bonds. The third-order valence-corrected chi connectivity index (χ3v) is 2.77. The number of halogens is 1. The molecule has 1 atom stereocenters.